The van der Waals surface area contributed by atoms with Crippen LogP contribution < -0.4 is 10.0 Å². The van der Waals surface area contributed by atoms with Gasteiger partial charge in [0.15, 0.2) is 0 Å². The number of halogens is 2. The number of sulfonamides is 1. The molecule has 2 aromatic carbocycles. The summed E-state index contributed by atoms with van der Waals surface area (Å²) in [6, 6.07) is 9.74. The van der Waals surface area contributed by atoms with Crippen LogP contribution in [0.25, 0.3) is 0 Å². The number of rotatable bonds is 5. The molecule has 0 saturated carbocycles. The van der Waals surface area contributed by atoms with Crippen molar-refractivity contribution < 1.29 is 17.2 Å². The van der Waals surface area contributed by atoms with Gasteiger partial charge in [0.2, 0.25) is 10.0 Å². The molecular weight excluding hydrogens is 298 g/mol. The molecule has 0 heterocycles. The summed E-state index contributed by atoms with van der Waals surface area (Å²) in [5.41, 5.74) is 1.17. The molecule has 0 radical (unpaired) electrons. The van der Waals surface area contributed by atoms with Crippen molar-refractivity contribution in [3.8, 4) is 0 Å². The third-order valence-electron chi connectivity index (χ3n) is 2.66. The zero-order valence-electron chi connectivity index (χ0n) is 11.2. The van der Waals surface area contributed by atoms with Gasteiger partial charge < -0.3 is 5.32 Å². The van der Waals surface area contributed by atoms with Crippen LogP contribution in [0.15, 0.2) is 42.5 Å². The summed E-state index contributed by atoms with van der Waals surface area (Å²) in [6.07, 6.45) is 1.05. The Morgan fingerprint density at radius 3 is 2.48 bits per heavy atom. The molecule has 0 aliphatic heterocycles. The summed E-state index contributed by atoms with van der Waals surface area (Å²) < 4.78 is 51.2. The first kappa shape index (κ1) is 15.2. The van der Waals surface area contributed by atoms with Crippen molar-refractivity contribution in [3.05, 3.63) is 59.7 Å². The third-order valence-corrected chi connectivity index (χ3v) is 3.26. The van der Waals surface area contributed by atoms with Gasteiger partial charge in [-0.05, 0) is 36.4 Å². The van der Waals surface area contributed by atoms with E-state index < -0.39 is 21.7 Å². The standard InChI is InChI=1S/C14H14F2N2O2S/c1-21(19,20)18-13-4-2-3-12(8-13)17-9-10-7-11(15)5-6-14(10)16/h2-8,17-18H,9H2,1H3. The Morgan fingerprint density at radius 2 is 1.76 bits per heavy atom. The zero-order valence-corrected chi connectivity index (χ0v) is 12.0. The minimum Gasteiger partial charge on any atom is -0.381 e. The smallest absolute Gasteiger partial charge is 0.229 e. The van der Waals surface area contributed by atoms with E-state index in [0.29, 0.717) is 11.4 Å². The number of hydrogen-bond donors (Lipinski definition) is 2. The fourth-order valence-electron chi connectivity index (χ4n) is 1.78. The van der Waals surface area contributed by atoms with Gasteiger partial charge in [-0.1, -0.05) is 6.07 Å². The Morgan fingerprint density at radius 1 is 1.05 bits per heavy atom. The van der Waals surface area contributed by atoms with Gasteiger partial charge in [-0.3, -0.25) is 4.72 Å². The molecule has 4 nitrogen and oxygen atoms in total. The second-order valence-electron chi connectivity index (χ2n) is 4.54. The second kappa shape index (κ2) is 6.09. The first-order valence-corrected chi connectivity index (χ1v) is 7.98. The second-order valence-corrected chi connectivity index (χ2v) is 6.29. The van der Waals surface area contributed by atoms with Crippen molar-refractivity contribution in [2.24, 2.45) is 0 Å². The van der Waals surface area contributed by atoms with E-state index in [-0.39, 0.29) is 12.1 Å². The molecule has 2 N–H and O–H groups in total. The zero-order chi connectivity index (χ0) is 15.5. The largest absolute Gasteiger partial charge is 0.381 e. The van der Waals surface area contributed by atoms with Gasteiger partial charge in [0.25, 0.3) is 0 Å². The van der Waals surface area contributed by atoms with Crippen molar-refractivity contribution in [2.75, 3.05) is 16.3 Å². The first-order valence-electron chi connectivity index (χ1n) is 6.09. The van der Waals surface area contributed by atoms with Crippen LogP contribution in [-0.2, 0) is 16.6 Å². The Balaban J connectivity index is 2.10. The van der Waals surface area contributed by atoms with Gasteiger partial charge in [-0.2, -0.15) is 0 Å². The molecule has 0 spiro atoms. The van der Waals surface area contributed by atoms with Gasteiger partial charge >= 0.3 is 0 Å². The molecule has 7 heteroatoms. The van der Waals surface area contributed by atoms with E-state index in [4.69, 9.17) is 0 Å². The molecule has 112 valence electrons. The molecular formula is C14H14F2N2O2S. The molecule has 2 aromatic rings. The van der Waals surface area contributed by atoms with Crippen LogP contribution in [0.3, 0.4) is 0 Å². The number of anilines is 2. The van der Waals surface area contributed by atoms with Crippen LogP contribution >= 0.6 is 0 Å². The molecule has 0 saturated heterocycles. The van der Waals surface area contributed by atoms with E-state index >= 15 is 0 Å². The van der Waals surface area contributed by atoms with Gasteiger partial charge in [-0.25, -0.2) is 17.2 Å². The third kappa shape index (κ3) is 4.71. The van der Waals surface area contributed by atoms with Crippen LogP contribution in [0, 0.1) is 11.6 Å². The molecule has 0 aliphatic rings. The lowest BCUT2D eigenvalue weighted by Gasteiger charge is -2.10. The lowest BCUT2D eigenvalue weighted by atomic mass is 10.2. The Hall–Kier alpha value is -2.15. The highest BCUT2D eigenvalue weighted by molar-refractivity contribution is 7.92. The minimum atomic E-state index is -3.36. The average Bonchev–Trinajstić information content (AvgIpc) is 2.38. The monoisotopic (exact) mass is 312 g/mol. The normalized spacial score (nSPS) is 11.2. The Kier molecular flexibility index (Phi) is 4.42. The van der Waals surface area contributed by atoms with Crippen molar-refractivity contribution in [2.45, 2.75) is 6.54 Å². The predicted octanol–water partition coefficient (Wildman–Crippen LogP) is 2.95. The van der Waals surface area contributed by atoms with E-state index in [9.17, 15) is 17.2 Å². The van der Waals surface area contributed by atoms with Crippen molar-refractivity contribution in [1.82, 2.24) is 0 Å². The topological polar surface area (TPSA) is 58.2 Å². The molecule has 0 bridgehead atoms. The fourth-order valence-corrected chi connectivity index (χ4v) is 2.34. The maximum absolute atomic E-state index is 13.5. The number of nitrogens with one attached hydrogen (secondary N) is 2. The highest BCUT2D eigenvalue weighted by Gasteiger charge is 2.05. The Labute approximate surface area is 121 Å². The molecule has 0 aromatic heterocycles. The fraction of sp³-hybridized carbons (Fsp3) is 0.143. The van der Waals surface area contributed by atoms with Crippen molar-refractivity contribution in [1.29, 1.82) is 0 Å². The maximum atomic E-state index is 13.5. The Bertz CT molecular complexity index is 748. The van der Waals surface area contributed by atoms with Crippen LogP contribution in [0.5, 0.6) is 0 Å². The van der Waals surface area contributed by atoms with Gasteiger partial charge in [0.05, 0.1) is 11.9 Å². The first-order chi connectivity index (χ1) is 9.83. The van der Waals surface area contributed by atoms with Gasteiger partial charge in [0, 0.05) is 17.8 Å². The van der Waals surface area contributed by atoms with Gasteiger partial charge in [0.1, 0.15) is 11.6 Å². The molecule has 0 unspecified atom stereocenters. The van der Waals surface area contributed by atoms with Crippen LogP contribution in [0.4, 0.5) is 20.2 Å². The van der Waals surface area contributed by atoms with E-state index in [0.717, 1.165) is 24.5 Å². The van der Waals surface area contributed by atoms with E-state index in [1.54, 1.807) is 24.3 Å². The highest BCUT2D eigenvalue weighted by Crippen LogP contribution is 2.18. The predicted molar refractivity (Wildman–Crippen MR) is 78.6 cm³/mol. The highest BCUT2D eigenvalue weighted by atomic mass is 32.2. The van der Waals surface area contributed by atoms with Crippen molar-refractivity contribution >= 4 is 21.4 Å². The molecule has 2 rings (SSSR count). The summed E-state index contributed by atoms with van der Waals surface area (Å²) in [5, 5.41) is 2.91. The maximum Gasteiger partial charge on any atom is 0.229 e. The quantitative estimate of drug-likeness (QED) is 0.892. The van der Waals surface area contributed by atoms with Crippen LogP contribution in [0.2, 0.25) is 0 Å². The summed E-state index contributed by atoms with van der Waals surface area (Å²) in [5.74, 6) is -1.02. The van der Waals surface area contributed by atoms with Crippen LogP contribution in [-0.4, -0.2) is 14.7 Å². The lowest BCUT2D eigenvalue weighted by Crippen LogP contribution is -2.10. The van der Waals surface area contributed by atoms with E-state index in [1.807, 2.05) is 0 Å². The van der Waals surface area contributed by atoms with Crippen molar-refractivity contribution in [3.63, 3.8) is 0 Å². The lowest BCUT2D eigenvalue weighted by molar-refractivity contribution is 0.587. The number of benzene rings is 2. The van der Waals surface area contributed by atoms with E-state index in [2.05, 4.69) is 10.0 Å². The molecule has 0 atom stereocenters. The van der Waals surface area contributed by atoms with E-state index in [1.165, 1.54) is 0 Å². The molecule has 0 amide bonds. The summed E-state index contributed by atoms with van der Waals surface area (Å²) in [7, 11) is -3.36. The molecule has 0 aliphatic carbocycles. The SMILES string of the molecule is CS(=O)(=O)Nc1cccc(NCc2cc(F)ccc2F)c1. The molecule has 0 fully saturated rings. The minimum absolute atomic E-state index is 0.0892. The summed E-state index contributed by atoms with van der Waals surface area (Å²) >= 11 is 0. The van der Waals surface area contributed by atoms with Gasteiger partial charge in [-0.15, -0.1) is 0 Å². The summed E-state index contributed by atoms with van der Waals surface area (Å²) in [4.78, 5) is 0. The average molecular weight is 312 g/mol. The molecule has 21 heavy (non-hydrogen) atoms. The summed E-state index contributed by atoms with van der Waals surface area (Å²) in [6.45, 7) is 0.0892. The number of hydrogen-bond acceptors (Lipinski definition) is 3. The van der Waals surface area contributed by atoms with Crippen LogP contribution in [0.1, 0.15) is 5.56 Å².